The lowest BCUT2D eigenvalue weighted by molar-refractivity contribution is -0.141. The summed E-state index contributed by atoms with van der Waals surface area (Å²) >= 11 is 0. The van der Waals surface area contributed by atoms with Gasteiger partial charge in [0.15, 0.2) is 0 Å². The zero-order valence-electron chi connectivity index (χ0n) is 29.3. The molecule has 5 atom stereocenters. The fraction of sp³-hybridized carbons (Fsp3) is 0.538. The number of alkyl carbamates (subject to hydrolysis) is 1. The van der Waals surface area contributed by atoms with E-state index in [2.05, 4.69) is 44.5 Å². The third-order valence-electron chi connectivity index (χ3n) is 11.7. The largest absolute Gasteiger partial charge is 0.446 e. The van der Waals surface area contributed by atoms with E-state index >= 15 is 0 Å². The molecule has 0 bridgehead atoms. The molecular formula is C39H47N5O7S. The van der Waals surface area contributed by atoms with Crippen LogP contribution in [0.1, 0.15) is 81.8 Å². The quantitative estimate of drug-likeness (QED) is 0.378. The predicted molar refractivity (Wildman–Crippen MR) is 194 cm³/mol. The van der Waals surface area contributed by atoms with Crippen molar-refractivity contribution in [1.29, 1.82) is 0 Å². The molecule has 1 saturated heterocycles. The molecule has 8 rings (SSSR count). The van der Waals surface area contributed by atoms with Crippen LogP contribution in [0.25, 0.3) is 10.8 Å². The molecule has 3 aliphatic heterocycles. The molecule has 3 aliphatic carbocycles. The Hall–Kier alpha value is -4.23. The van der Waals surface area contributed by atoms with Crippen LogP contribution in [0.3, 0.4) is 0 Å². The van der Waals surface area contributed by atoms with E-state index in [1.165, 1.54) is 21.9 Å². The van der Waals surface area contributed by atoms with Gasteiger partial charge in [-0.15, -0.1) is 0 Å². The zero-order valence-corrected chi connectivity index (χ0v) is 30.1. The minimum absolute atomic E-state index is 0.186. The number of allylic oxidation sites excluding steroid dienone is 1. The second-order valence-corrected chi connectivity index (χ2v) is 17.4. The van der Waals surface area contributed by atoms with Crippen LogP contribution in [0.5, 0.6) is 0 Å². The number of hydrogen-bond acceptors (Lipinski definition) is 8. The molecule has 4 unspecified atom stereocenters. The van der Waals surface area contributed by atoms with Crippen molar-refractivity contribution in [2.45, 2.75) is 119 Å². The van der Waals surface area contributed by atoms with Gasteiger partial charge in [0.05, 0.1) is 5.25 Å². The van der Waals surface area contributed by atoms with Gasteiger partial charge < -0.3 is 20.3 Å². The van der Waals surface area contributed by atoms with Crippen molar-refractivity contribution in [1.82, 2.24) is 25.2 Å². The SMILES string of the molecule is O=C(NC1CCCCC/C=C/C2CC2(C(=O)NS(=O)(=O)C2CC2)NC(=O)C2C[C@@H](N3Cc4cccc5cccc(c45)C3)CN2C1=O)OC1CC=CC1. The summed E-state index contributed by atoms with van der Waals surface area (Å²) in [5.41, 5.74) is 0.936. The Balaban J connectivity index is 1.08. The molecule has 0 aromatic heterocycles. The van der Waals surface area contributed by atoms with E-state index in [-0.39, 0.29) is 36.9 Å². The van der Waals surface area contributed by atoms with Gasteiger partial charge in [-0.1, -0.05) is 73.5 Å². The highest BCUT2D eigenvalue weighted by atomic mass is 32.2. The molecular weight excluding hydrogens is 683 g/mol. The van der Waals surface area contributed by atoms with Gasteiger partial charge >= 0.3 is 6.09 Å². The molecule has 3 N–H and O–H groups in total. The number of nitrogens with one attached hydrogen (secondary N) is 3. The maximum atomic E-state index is 14.6. The summed E-state index contributed by atoms with van der Waals surface area (Å²) in [5.74, 6) is -1.97. The van der Waals surface area contributed by atoms with Gasteiger partial charge in [0, 0.05) is 44.4 Å². The lowest BCUT2D eigenvalue weighted by Crippen LogP contribution is -2.58. The Morgan fingerprint density at radius 2 is 1.65 bits per heavy atom. The Morgan fingerprint density at radius 3 is 2.37 bits per heavy atom. The molecule has 0 spiro atoms. The number of hydrogen-bond donors (Lipinski definition) is 3. The third-order valence-corrected chi connectivity index (χ3v) is 13.5. The Labute approximate surface area is 304 Å². The summed E-state index contributed by atoms with van der Waals surface area (Å²) in [6.07, 6.45) is 13.2. The molecule has 2 aromatic carbocycles. The van der Waals surface area contributed by atoms with Crippen LogP contribution in [0, 0.1) is 5.92 Å². The maximum absolute atomic E-state index is 14.6. The fourth-order valence-corrected chi connectivity index (χ4v) is 9.94. The highest BCUT2D eigenvalue weighted by Crippen LogP contribution is 2.46. The van der Waals surface area contributed by atoms with Gasteiger partial charge in [-0.25, -0.2) is 13.2 Å². The number of amides is 4. The first-order valence-electron chi connectivity index (χ1n) is 18.8. The summed E-state index contributed by atoms with van der Waals surface area (Å²) in [4.78, 5) is 59.8. The standard InChI is InChI=1S/C39H47N5O7S/c45-35-33-20-29(43-22-26-12-8-10-25-11-9-13-27(23-43)34(25)26)24-44(33)36(46)32(40-38(48)51-30-15-6-7-16-30)17-5-3-1-2-4-14-28-21-39(28,41-35)37(47)42-52(49,50)31-18-19-31/h4,6-14,28-33H,1-3,5,15-24H2,(H,40,48)(H,41,45)(H,42,47)/b14-4+/t28?,29-,32?,33?,39?/m1/s1. The lowest BCUT2D eigenvalue weighted by atomic mass is 9.94. The summed E-state index contributed by atoms with van der Waals surface area (Å²) in [6.45, 7) is 1.56. The van der Waals surface area contributed by atoms with E-state index < -0.39 is 50.8 Å². The van der Waals surface area contributed by atoms with E-state index in [1.807, 2.05) is 36.4 Å². The average Bonchev–Trinajstić information content (AvgIpc) is 3.99. The van der Waals surface area contributed by atoms with Crippen LogP contribution < -0.4 is 15.4 Å². The first kappa shape index (κ1) is 34.8. The van der Waals surface area contributed by atoms with Gasteiger partial charge in [-0.05, 0) is 66.8 Å². The molecule has 2 aromatic rings. The molecule has 3 heterocycles. The minimum Gasteiger partial charge on any atom is -0.446 e. The van der Waals surface area contributed by atoms with E-state index in [4.69, 9.17) is 4.74 Å². The molecule has 4 amide bonds. The van der Waals surface area contributed by atoms with E-state index in [0.717, 1.165) is 19.3 Å². The van der Waals surface area contributed by atoms with Crippen LogP contribution in [0.15, 0.2) is 60.7 Å². The van der Waals surface area contributed by atoms with Crippen molar-refractivity contribution < 1.29 is 32.3 Å². The topological polar surface area (TPSA) is 154 Å². The number of nitrogens with zero attached hydrogens (tertiary/aromatic N) is 2. The maximum Gasteiger partial charge on any atom is 0.408 e. The summed E-state index contributed by atoms with van der Waals surface area (Å²) in [5, 5.41) is 7.65. The highest BCUT2D eigenvalue weighted by Gasteiger charge is 2.62. The Kier molecular flexibility index (Phi) is 9.35. The van der Waals surface area contributed by atoms with Crippen molar-refractivity contribution in [2.75, 3.05) is 6.54 Å². The van der Waals surface area contributed by atoms with E-state index in [9.17, 15) is 27.6 Å². The predicted octanol–water partition coefficient (Wildman–Crippen LogP) is 3.94. The van der Waals surface area contributed by atoms with Crippen molar-refractivity contribution in [3.63, 3.8) is 0 Å². The van der Waals surface area contributed by atoms with Crippen LogP contribution in [-0.2, 0) is 42.2 Å². The molecule has 12 nitrogen and oxygen atoms in total. The molecule has 276 valence electrons. The first-order chi connectivity index (χ1) is 25.1. The van der Waals surface area contributed by atoms with E-state index in [1.54, 1.807) is 4.90 Å². The number of rotatable bonds is 6. The number of carbonyl (C=O) groups is 4. The zero-order chi connectivity index (χ0) is 36.0. The van der Waals surface area contributed by atoms with E-state index in [0.29, 0.717) is 58.0 Å². The Morgan fingerprint density at radius 1 is 0.923 bits per heavy atom. The number of carbonyl (C=O) groups excluding carboxylic acids is 4. The second-order valence-electron chi connectivity index (χ2n) is 15.4. The fourth-order valence-electron chi connectivity index (χ4n) is 8.58. The summed E-state index contributed by atoms with van der Waals surface area (Å²) < 4.78 is 33.6. The van der Waals surface area contributed by atoms with Crippen LogP contribution in [-0.4, -0.2) is 83.6 Å². The third kappa shape index (κ3) is 6.96. The smallest absolute Gasteiger partial charge is 0.408 e. The first-order valence-corrected chi connectivity index (χ1v) is 20.4. The van der Waals surface area contributed by atoms with Gasteiger partial charge in [0.2, 0.25) is 21.8 Å². The number of ether oxygens (including phenoxy) is 1. The van der Waals surface area contributed by atoms with Crippen LogP contribution in [0.2, 0.25) is 0 Å². The van der Waals surface area contributed by atoms with Crippen molar-refractivity contribution in [3.05, 3.63) is 71.8 Å². The molecule has 52 heavy (non-hydrogen) atoms. The van der Waals surface area contributed by atoms with Crippen molar-refractivity contribution in [3.8, 4) is 0 Å². The number of sulfonamides is 1. The number of fused-ring (bicyclic) bond motifs is 2. The normalized spacial score (nSPS) is 30.4. The van der Waals surface area contributed by atoms with Crippen LogP contribution in [0.4, 0.5) is 4.79 Å². The molecule has 3 fully saturated rings. The number of benzene rings is 2. The molecule has 0 radical (unpaired) electrons. The lowest BCUT2D eigenvalue weighted by Gasteiger charge is -2.34. The van der Waals surface area contributed by atoms with Crippen LogP contribution >= 0.6 is 0 Å². The van der Waals surface area contributed by atoms with Crippen molar-refractivity contribution >= 4 is 44.6 Å². The minimum atomic E-state index is -3.85. The van der Waals surface area contributed by atoms with Gasteiger partial charge in [-0.3, -0.25) is 24.0 Å². The molecule has 6 aliphatic rings. The monoisotopic (exact) mass is 729 g/mol. The molecule has 13 heteroatoms. The second kappa shape index (κ2) is 14.0. The summed E-state index contributed by atoms with van der Waals surface area (Å²) in [7, 11) is -3.85. The molecule has 2 saturated carbocycles. The van der Waals surface area contributed by atoms with Gasteiger partial charge in [0.1, 0.15) is 23.7 Å². The highest BCUT2D eigenvalue weighted by molar-refractivity contribution is 7.91. The van der Waals surface area contributed by atoms with Crippen molar-refractivity contribution in [2.24, 2.45) is 5.92 Å². The van der Waals surface area contributed by atoms with Gasteiger partial charge in [-0.2, -0.15) is 0 Å². The Bertz CT molecular complexity index is 1890. The summed E-state index contributed by atoms with van der Waals surface area (Å²) in [6, 6.07) is 10.5. The average molecular weight is 730 g/mol. The van der Waals surface area contributed by atoms with Gasteiger partial charge in [0.25, 0.3) is 5.91 Å².